The molecule has 2 aliphatic heterocycles. The van der Waals surface area contributed by atoms with Gasteiger partial charge in [0.15, 0.2) is 0 Å². The molecular formula is C28H33ClF3N3O4. The van der Waals surface area contributed by atoms with E-state index in [0.29, 0.717) is 6.42 Å². The number of hydrogen-bond donors (Lipinski definition) is 2. The average Bonchev–Trinajstić information content (AvgIpc) is 3.14. The Morgan fingerprint density at radius 3 is 2.41 bits per heavy atom. The predicted molar refractivity (Wildman–Crippen MR) is 140 cm³/mol. The van der Waals surface area contributed by atoms with Crippen molar-refractivity contribution in [2.75, 3.05) is 33.4 Å². The molecule has 3 amide bonds. The summed E-state index contributed by atoms with van der Waals surface area (Å²) in [5.74, 6) is -0.131. The summed E-state index contributed by atoms with van der Waals surface area (Å²) in [7, 11) is 1.53. The number of aryl methyl sites for hydroxylation is 1. The highest BCUT2D eigenvalue weighted by Crippen LogP contribution is 2.49. The van der Waals surface area contributed by atoms with E-state index in [4.69, 9.17) is 11.6 Å². The van der Waals surface area contributed by atoms with Crippen molar-refractivity contribution in [1.29, 1.82) is 0 Å². The molecule has 0 spiro atoms. The fourth-order valence-electron chi connectivity index (χ4n) is 6.11. The number of piperazine rings is 1. The minimum absolute atomic E-state index is 0.0688. The first-order valence-electron chi connectivity index (χ1n) is 12.9. The monoisotopic (exact) mass is 567 g/mol. The molecule has 2 fully saturated rings. The molecule has 11 heteroatoms. The number of alkyl halides is 3. The summed E-state index contributed by atoms with van der Waals surface area (Å²) in [6, 6.07) is 9.56. The van der Waals surface area contributed by atoms with Gasteiger partial charge in [-0.1, -0.05) is 35.9 Å². The molecule has 0 bridgehead atoms. The van der Waals surface area contributed by atoms with Gasteiger partial charge in [-0.3, -0.25) is 4.79 Å². The molecular weight excluding hydrogens is 535 g/mol. The lowest BCUT2D eigenvalue weighted by Crippen LogP contribution is -2.57. The van der Waals surface area contributed by atoms with Crippen molar-refractivity contribution in [2.45, 2.75) is 51.0 Å². The number of carbonyl (C=O) groups excluding carboxylic acids is 2. The maximum Gasteiger partial charge on any atom is 0.416 e. The van der Waals surface area contributed by atoms with Crippen LogP contribution >= 0.6 is 11.6 Å². The molecule has 2 atom stereocenters. The second-order valence-corrected chi connectivity index (χ2v) is 10.9. The minimum Gasteiger partial charge on any atom is -0.396 e. The van der Waals surface area contributed by atoms with Crippen LogP contribution in [0.4, 0.5) is 18.0 Å². The Kier molecular flexibility index (Phi) is 8.49. The number of fused-ring (bicyclic) bond motifs is 1. The molecule has 7 nitrogen and oxygen atoms in total. The molecule has 2 aromatic carbocycles. The Hall–Kier alpha value is -2.82. The first-order valence-corrected chi connectivity index (χ1v) is 13.3. The van der Waals surface area contributed by atoms with E-state index >= 15 is 0 Å². The van der Waals surface area contributed by atoms with Crippen molar-refractivity contribution in [3.05, 3.63) is 69.7 Å². The fourth-order valence-corrected chi connectivity index (χ4v) is 6.37. The number of halogens is 4. The maximum absolute atomic E-state index is 13.9. The molecule has 2 unspecified atom stereocenters. The van der Waals surface area contributed by atoms with Crippen LogP contribution in [0.1, 0.15) is 47.6 Å². The summed E-state index contributed by atoms with van der Waals surface area (Å²) in [5.41, 5.74) is 0.245. The molecule has 0 aliphatic carbocycles. The van der Waals surface area contributed by atoms with Gasteiger partial charge in [-0.2, -0.15) is 13.2 Å². The van der Waals surface area contributed by atoms with Gasteiger partial charge in [0, 0.05) is 44.9 Å². The Balaban J connectivity index is 1.67. The Bertz CT molecular complexity index is 1220. The van der Waals surface area contributed by atoms with E-state index < -0.39 is 23.2 Å². The van der Waals surface area contributed by atoms with Crippen molar-refractivity contribution in [2.24, 2.45) is 5.41 Å². The minimum atomic E-state index is -4.57. The van der Waals surface area contributed by atoms with Crippen LogP contribution in [0.25, 0.3) is 0 Å². The van der Waals surface area contributed by atoms with Crippen molar-refractivity contribution < 1.29 is 33.0 Å². The van der Waals surface area contributed by atoms with E-state index in [1.54, 1.807) is 9.80 Å². The molecule has 0 saturated carbocycles. The van der Waals surface area contributed by atoms with Gasteiger partial charge in [-0.05, 0) is 61.1 Å². The quantitative estimate of drug-likeness (QED) is 0.511. The molecule has 0 aromatic heterocycles. The smallest absolute Gasteiger partial charge is 0.396 e. The molecule has 2 heterocycles. The number of aliphatic hydroxyl groups excluding tert-OH is 2. The normalized spacial score (nSPS) is 20.8. The molecule has 2 aromatic rings. The standard InChI is InChI=1S/C28H33ClF3N3O4/c1-18-5-3-4-6-22(18)24-23-16-27(7-11-36,8-12-37)25(38)34(23)9-10-35(24)26(39)33(2)17-19-13-20(28(30,31)32)15-21(29)14-19/h3-6,13-15,23-24,36-37H,7-12,16-17H2,1-2H3. The highest BCUT2D eigenvalue weighted by molar-refractivity contribution is 6.30. The second kappa shape index (κ2) is 11.3. The van der Waals surface area contributed by atoms with Crippen molar-refractivity contribution >= 4 is 23.5 Å². The van der Waals surface area contributed by atoms with Crippen LogP contribution in [-0.4, -0.2) is 76.2 Å². The maximum atomic E-state index is 13.9. The van der Waals surface area contributed by atoms with E-state index in [1.165, 1.54) is 18.0 Å². The van der Waals surface area contributed by atoms with Gasteiger partial charge in [0.1, 0.15) is 0 Å². The lowest BCUT2D eigenvalue weighted by molar-refractivity contribution is -0.140. The van der Waals surface area contributed by atoms with E-state index in [2.05, 4.69) is 0 Å². The van der Waals surface area contributed by atoms with Crippen LogP contribution in [-0.2, 0) is 17.5 Å². The number of hydrogen-bond acceptors (Lipinski definition) is 4. The number of nitrogens with zero attached hydrogens (tertiary/aromatic N) is 3. The summed E-state index contributed by atoms with van der Waals surface area (Å²) < 4.78 is 40.0. The molecule has 2 N–H and O–H groups in total. The first kappa shape index (κ1) is 29.2. The lowest BCUT2D eigenvalue weighted by Gasteiger charge is -2.46. The van der Waals surface area contributed by atoms with Crippen LogP contribution in [0.5, 0.6) is 0 Å². The molecule has 2 saturated heterocycles. The number of rotatable bonds is 7. The Labute approximate surface area is 230 Å². The second-order valence-electron chi connectivity index (χ2n) is 10.5. The zero-order chi connectivity index (χ0) is 28.5. The summed E-state index contributed by atoms with van der Waals surface area (Å²) in [5, 5.41) is 19.4. The fraction of sp³-hybridized carbons (Fsp3) is 0.500. The van der Waals surface area contributed by atoms with E-state index in [1.807, 2.05) is 31.2 Å². The third-order valence-corrected chi connectivity index (χ3v) is 8.18. The van der Waals surface area contributed by atoms with Gasteiger partial charge in [0.05, 0.1) is 23.1 Å². The summed E-state index contributed by atoms with van der Waals surface area (Å²) >= 11 is 5.95. The highest BCUT2D eigenvalue weighted by atomic mass is 35.5. The van der Waals surface area contributed by atoms with Gasteiger partial charge in [-0.15, -0.1) is 0 Å². The van der Waals surface area contributed by atoms with Gasteiger partial charge >= 0.3 is 12.2 Å². The van der Waals surface area contributed by atoms with Crippen molar-refractivity contribution in [1.82, 2.24) is 14.7 Å². The summed E-state index contributed by atoms with van der Waals surface area (Å²) in [4.78, 5) is 32.2. The molecule has 0 radical (unpaired) electrons. The van der Waals surface area contributed by atoms with Crippen LogP contribution < -0.4 is 0 Å². The molecule has 39 heavy (non-hydrogen) atoms. The number of aliphatic hydroxyl groups is 2. The topological polar surface area (TPSA) is 84.3 Å². The average molecular weight is 568 g/mol. The van der Waals surface area contributed by atoms with Gasteiger partial charge in [-0.25, -0.2) is 4.79 Å². The third kappa shape index (κ3) is 5.73. The lowest BCUT2D eigenvalue weighted by atomic mass is 9.77. The van der Waals surface area contributed by atoms with E-state index in [0.717, 1.165) is 23.3 Å². The number of urea groups is 1. The molecule has 212 valence electrons. The van der Waals surface area contributed by atoms with E-state index in [-0.39, 0.29) is 74.3 Å². The zero-order valence-corrected chi connectivity index (χ0v) is 22.7. The number of amides is 3. The first-order chi connectivity index (χ1) is 18.4. The van der Waals surface area contributed by atoms with Crippen molar-refractivity contribution in [3.63, 3.8) is 0 Å². The van der Waals surface area contributed by atoms with E-state index in [9.17, 15) is 33.0 Å². The molecule has 2 aliphatic rings. The predicted octanol–water partition coefficient (Wildman–Crippen LogP) is 4.63. The van der Waals surface area contributed by atoms with Crippen molar-refractivity contribution in [3.8, 4) is 0 Å². The van der Waals surface area contributed by atoms with Gasteiger partial charge < -0.3 is 24.9 Å². The van der Waals surface area contributed by atoms with Crippen LogP contribution in [0.15, 0.2) is 42.5 Å². The van der Waals surface area contributed by atoms with Gasteiger partial charge in [0.25, 0.3) is 0 Å². The third-order valence-electron chi connectivity index (χ3n) is 7.96. The Morgan fingerprint density at radius 2 is 1.79 bits per heavy atom. The Morgan fingerprint density at radius 1 is 1.13 bits per heavy atom. The zero-order valence-electron chi connectivity index (χ0n) is 21.9. The SMILES string of the molecule is Cc1ccccc1C1C2CC(CCO)(CCO)C(=O)N2CCN1C(=O)N(C)Cc1cc(Cl)cc(C(F)(F)F)c1. The van der Waals surface area contributed by atoms with Gasteiger partial charge in [0.2, 0.25) is 5.91 Å². The number of carbonyl (C=O) groups is 2. The van der Waals surface area contributed by atoms with Crippen LogP contribution in [0.2, 0.25) is 5.02 Å². The van der Waals surface area contributed by atoms with Crippen LogP contribution in [0, 0.1) is 12.3 Å². The summed E-state index contributed by atoms with van der Waals surface area (Å²) in [6.07, 6.45) is -3.78. The largest absolute Gasteiger partial charge is 0.416 e. The molecule has 4 rings (SSSR count). The highest BCUT2D eigenvalue weighted by Gasteiger charge is 2.56. The number of benzene rings is 2. The summed E-state index contributed by atoms with van der Waals surface area (Å²) in [6.45, 7) is 1.93. The van der Waals surface area contributed by atoms with Crippen LogP contribution in [0.3, 0.4) is 0 Å².